The van der Waals surface area contributed by atoms with Crippen LogP contribution in [-0.4, -0.2) is 69.8 Å². The Hall–Kier alpha value is -1.49. The smallest absolute Gasteiger partial charge is 0.243 e. The zero-order valence-electron chi connectivity index (χ0n) is 18.7. The summed E-state index contributed by atoms with van der Waals surface area (Å²) in [6.07, 6.45) is 5.16. The molecule has 2 fully saturated rings. The topological polar surface area (TPSA) is 95.1 Å². The fourth-order valence-corrected chi connectivity index (χ4v) is 8.20. The van der Waals surface area contributed by atoms with Crippen LogP contribution in [0.25, 0.3) is 0 Å². The SMILES string of the molecule is CCCS(=O)(=O)N1CCCC(C(=O)N2CCCc3cc(S(=O)(=O)N4CCCC4)ccc32)C1. The van der Waals surface area contributed by atoms with Crippen LogP contribution in [0.3, 0.4) is 0 Å². The van der Waals surface area contributed by atoms with Crippen LogP contribution in [0.1, 0.15) is 51.0 Å². The molecule has 0 saturated carbocycles. The van der Waals surface area contributed by atoms with E-state index in [1.807, 2.05) is 6.92 Å². The van der Waals surface area contributed by atoms with Crippen molar-refractivity contribution in [3.63, 3.8) is 0 Å². The molecule has 0 aliphatic carbocycles. The predicted octanol–water partition coefficient (Wildman–Crippen LogP) is 2.20. The second kappa shape index (κ2) is 9.40. The van der Waals surface area contributed by atoms with Gasteiger partial charge in [-0.25, -0.2) is 21.1 Å². The minimum Gasteiger partial charge on any atom is -0.312 e. The Morgan fingerprint density at radius 2 is 1.69 bits per heavy atom. The Morgan fingerprint density at radius 3 is 2.41 bits per heavy atom. The van der Waals surface area contributed by atoms with Gasteiger partial charge in [-0.05, 0) is 68.7 Å². The molecule has 3 aliphatic heterocycles. The lowest BCUT2D eigenvalue weighted by Gasteiger charge is -2.36. The van der Waals surface area contributed by atoms with Gasteiger partial charge in [-0.3, -0.25) is 4.79 Å². The van der Waals surface area contributed by atoms with Gasteiger partial charge in [0.15, 0.2) is 0 Å². The molecule has 0 bridgehead atoms. The first kappa shape index (κ1) is 23.7. The molecule has 3 aliphatic rings. The van der Waals surface area contributed by atoms with E-state index in [-0.39, 0.29) is 24.1 Å². The van der Waals surface area contributed by atoms with E-state index in [9.17, 15) is 21.6 Å². The molecule has 4 rings (SSSR count). The number of amides is 1. The van der Waals surface area contributed by atoms with Gasteiger partial charge in [0.25, 0.3) is 0 Å². The van der Waals surface area contributed by atoms with E-state index in [0.29, 0.717) is 50.3 Å². The summed E-state index contributed by atoms with van der Waals surface area (Å²) in [5, 5.41) is 0. The third kappa shape index (κ3) is 4.60. The molecular formula is C22H33N3O5S2. The van der Waals surface area contributed by atoms with Crippen molar-refractivity contribution in [1.82, 2.24) is 8.61 Å². The largest absolute Gasteiger partial charge is 0.312 e. The average Bonchev–Trinajstić information content (AvgIpc) is 3.34. The second-order valence-electron chi connectivity index (χ2n) is 9.01. The molecule has 10 heteroatoms. The van der Waals surface area contributed by atoms with Crippen LogP contribution in [-0.2, 0) is 31.3 Å². The van der Waals surface area contributed by atoms with Crippen LogP contribution in [0, 0.1) is 5.92 Å². The van der Waals surface area contributed by atoms with Crippen molar-refractivity contribution in [2.75, 3.05) is 43.4 Å². The minimum atomic E-state index is -3.50. The number of nitrogens with zero attached hydrogens (tertiary/aromatic N) is 3. The maximum atomic E-state index is 13.4. The number of hydrogen-bond acceptors (Lipinski definition) is 5. The lowest BCUT2D eigenvalue weighted by Crippen LogP contribution is -2.48. The van der Waals surface area contributed by atoms with Crippen molar-refractivity contribution in [3.05, 3.63) is 23.8 Å². The molecule has 1 aromatic rings. The summed E-state index contributed by atoms with van der Waals surface area (Å²) in [6, 6.07) is 5.09. The lowest BCUT2D eigenvalue weighted by atomic mass is 9.95. The monoisotopic (exact) mass is 483 g/mol. The first-order chi connectivity index (χ1) is 15.2. The van der Waals surface area contributed by atoms with E-state index in [1.165, 1.54) is 8.61 Å². The van der Waals surface area contributed by atoms with Gasteiger partial charge in [0.2, 0.25) is 26.0 Å². The van der Waals surface area contributed by atoms with E-state index >= 15 is 0 Å². The third-order valence-electron chi connectivity index (χ3n) is 6.73. The third-order valence-corrected chi connectivity index (χ3v) is 10.7. The van der Waals surface area contributed by atoms with Gasteiger partial charge in [0, 0.05) is 38.4 Å². The summed E-state index contributed by atoms with van der Waals surface area (Å²) < 4.78 is 53.9. The average molecular weight is 484 g/mol. The van der Waals surface area contributed by atoms with E-state index in [1.54, 1.807) is 23.1 Å². The summed E-state index contributed by atoms with van der Waals surface area (Å²) in [7, 11) is -6.83. The number of hydrogen-bond donors (Lipinski definition) is 0. The second-order valence-corrected chi connectivity index (χ2v) is 13.0. The molecule has 0 spiro atoms. The van der Waals surface area contributed by atoms with Gasteiger partial charge in [-0.2, -0.15) is 4.31 Å². The van der Waals surface area contributed by atoms with Gasteiger partial charge >= 0.3 is 0 Å². The first-order valence-electron chi connectivity index (χ1n) is 11.7. The Labute approximate surface area is 191 Å². The number of carbonyl (C=O) groups excluding carboxylic acids is 1. The van der Waals surface area contributed by atoms with Crippen LogP contribution < -0.4 is 4.90 Å². The molecule has 0 N–H and O–H groups in total. The normalized spacial score (nSPS) is 23.3. The zero-order chi connectivity index (χ0) is 22.9. The van der Waals surface area contributed by atoms with Crippen LogP contribution in [0.2, 0.25) is 0 Å². The van der Waals surface area contributed by atoms with Gasteiger partial charge in [0.05, 0.1) is 16.6 Å². The highest BCUT2D eigenvalue weighted by molar-refractivity contribution is 7.89. The van der Waals surface area contributed by atoms with Gasteiger partial charge < -0.3 is 4.90 Å². The molecule has 0 aromatic heterocycles. The van der Waals surface area contributed by atoms with Gasteiger partial charge in [-0.1, -0.05) is 6.92 Å². The number of rotatable bonds is 6. The van der Waals surface area contributed by atoms with Crippen molar-refractivity contribution < 1.29 is 21.6 Å². The molecule has 8 nitrogen and oxygen atoms in total. The summed E-state index contributed by atoms with van der Waals surface area (Å²) in [5.74, 6) is -0.318. The highest BCUT2D eigenvalue weighted by Gasteiger charge is 2.36. The Morgan fingerprint density at radius 1 is 0.969 bits per heavy atom. The number of carbonyl (C=O) groups is 1. The van der Waals surface area contributed by atoms with Crippen molar-refractivity contribution in [2.45, 2.75) is 56.8 Å². The lowest BCUT2D eigenvalue weighted by molar-refractivity contribution is -0.123. The summed E-state index contributed by atoms with van der Waals surface area (Å²) in [4.78, 5) is 15.5. The van der Waals surface area contributed by atoms with Gasteiger partial charge in [-0.15, -0.1) is 0 Å². The standard InChI is InChI=1S/C22H33N3O5S2/c1-2-15-31(27,28)24-13-5-8-19(17-24)22(26)25-14-6-7-18-16-20(9-10-21(18)25)32(29,30)23-11-3-4-12-23/h9-10,16,19H,2-8,11-15,17H2,1H3. The van der Waals surface area contributed by atoms with Gasteiger partial charge in [0.1, 0.15) is 0 Å². The quantitative estimate of drug-likeness (QED) is 0.618. The highest BCUT2D eigenvalue weighted by Crippen LogP contribution is 2.33. The maximum absolute atomic E-state index is 13.4. The molecule has 0 radical (unpaired) electrons. The van der Waals surface area contributed by atoms with Crippen LogP contribution in [0.5, 0.6) is 0 Å². The molecule has 1 atom stereocenters. The summed E-state index contributed by atoms with van der Waals surface area (Å²) in [5.41, 5.74) is 1.63. The zero-order valence-corrected chi connectivity index (χ0v) is 20.3. The highest BCUT2D eigenvalue weighted by atomic mass is 32.2. The number of aryl methyl sites for hydroxylation is 1. The molecule has 1 unspecified atom stereocenters. The van der Waals surface area contributed by atoms with E-state index in [4.69, 9.17) is 0 Å². The van der Waals surface area contributed by atoms with Crippen LogP contribution in [0.15, 0.2) is 23.1 Å². The Bertz CT molecular complexity index is 1070. The van der Waals surface area contributed by atoms with Crippen molar-refractivity contribution in [3.8, 4) is 0 Å². The number of fused-ring (bicyclic) bond motifs is 1. The van der Waals surface area contributed by atoms with Crippen molar-refractivity contribution >= 4 is 31.6 Å². The molecule has 1 amide bonds. The Kier molecular flexibility index (Phi) is 6.95. The van der Waals surface area contributed by atoms with E-state index in [2.05, 4.69) is 0 Å². The molecule has 32 heavy (non-hydrogen) atoms. The first-order valence-corrected chi connectivity index (χ1v) is 14.7. The molecule has 178 valence electrons. The number of sulfonamides is 2. The predicted molar refractivity (Wildman–Crippen MR) is 123 cm³/mol. The Balaban J connectivity index is 1.54. The van der Waals surface area contributed by atoms with Crippen LogP contribution >= 0.6 is 0 Å². The van der Waals surface area contributed by atoms with Crippen LogP contribution in [0.4, 0.5) is 5.69 Å². The van der Waals surface area contributed by atoms with Crippen molar-refractivity contribution in [2.24, 2.45) is 5.92 Å². The molecule has 3 heterocycles. The number of anilines is 1. The number of benzene rings is 1. The molecular weight excluding hydrogens is 450 g/mol. The molecule has 2 saturated heterocycles. The summed E-state index contributed by atoms with van der Waals surface area (Å²) in [6.45, 7) is 4.23. The maximum Gasteiger partial charge on any atom is 0.243 e. The fourth-order valence-electron chi connectivity index (χ4n) is 5.04. The van der Waals surface area contributed by atoms with E-state index in [0.717, 1.165) is 36.9 Å². The van der Waals surface area contributed by atoms with Crippen molar-refractivity contribution in [1.29, 1.82) is 0 Å². The fraction of sp³-hybridized carbons (Fsp3) is 0.682. The summed E-state index contributed by atoms with van der Waals surface area (Å²) >= 11 is 0. The van der Waals surface area contributed by atoms with E-state index < -0.39 is 20.0 Å². The number of piperidine rings is 1. The molecule has 1 aromatic carbocycles. The minimum absolute atomic E-state index is 0.0579.